The van der Waals surface area contributed by atoms with Crippen LogP contribution in [-0.2, 0) is 0 Å². The molecule has 0 amide bonds. The molecule has 2 N–H and O–H groups in total. The molecule has 0 spiro atoms. The fraction of sp³-hybridized carbons (Fsp3) is 0.389. The third-order valence-corrected chi connectivity index (χ3v) is 5.01. The first-order valence-electron chi connectivity index (χ1n) is 8.64. The predicted molar refractivity (Wildman–Crippen MR) is 101 cm³/mol. The number of imidazole rings is 1. The molecule has 4 rings (SSSR count). The van der Waals surface area contributed by atoms with Gasteiger partial charge in [0.2, 0.25) is 11.8 Å². The Morgan fingerprint density at radius 3 is 2.92 bits per heavy atom. The van der Waals surface area contributed by atoms with Crippen LogP contribution in [0.5, 0.6) is 5.88 Å². The third-order valence-electron chi connectivity index (χ3n) is 4.51. The fourth-order valence-electron chi connectivity index (χ4n) is 3.21. The monoisotopic (exact) mass is 401 g/mol. The second-order valence-electron chi connectivity index (χ2n) is 6.40. The number of nitrogens with one attached hydrogen (secondary N) is 2. The molecular weight excluding hydrogens is 382 g/mol. The molecule has 0 saturated heterocycles. The van der Waals surface area contributed by atoms with E-state index in [9.17, 15) is 0 Å². The van der Waals surface area contributed by atoms with E-state index in [-0.39, 0.29) is 0 Å². The molecule has 0 atom stereocenters. The van der Waals surface area contributed by atoms with Crippen LogP contribution in [0.1, 0.15) is 32.1 Å². The lowest BCUT2D eigenvalue weighted by Gasteiger charge is -2.21. The van der Waals surface area contributed by atoms with Gasteiger partial charge in [0.05, 0.1) is 12.9 Å². The van der Waals surface area contributed by atoms with Gasteiger partial charge in [-0.25, -0.2) is 4.98 Å². The minimum Gasteiger partial charge on any atom is -0.476 e. The molecule has 0 bridgehead atoms. The first kappa shape index (κ1) is 16.3. The number of aromatic nitrogens is 4. The summed E-state index contributed by atoms with van der Waals surface area (Å²) in [6.45, 7) is 0.696. The molecule has 1 aliphatic rings. The molecule has 1 fully saturated rings. The van der Waals surface area contributed by atoms with Crippen molar-refractivity contribution in [3.63, 3.8) is 0 Å². The highest BCUT2D eigenvalue weighted by Gasteiger charge is 2.17. The van der Waals surface area contributed by atoms with E-state index in [0.29, 0.717) is 30.0 Å². The standard InChI is InChI=1S/C18H20BrN5O/c19-13-7-4-8-14(9-13)22-18-23-16-15(20-11-21-16)17(24-18)25-10-12-5-2-1-3-6-12/h4,7-9,11-12H,1-3,5-6,10H2,(H2,20,21,22,23,24). The molecule has 0 unspecified atom stereocenters. The van der Waals surface area contributed by atoms with E-state index in [4.69, 9.17) is 4.74 Å². The van der Waals surface area contributed by atoms with Crippen molar-refractivity contribution in [1.82, 2.24) is 19.9 Å². The predicted octanol–water partition coefficient (Wildman–Crippen LogP) is 4.82. The number of rotatable bonds is 5. The van der Waals surface area contributed by atoms with Crippen molar-refractivity contribution in [2.45, 2.75) is 32.1 Å². The SMILES string of the molecule is Brc1cccc(Nc2nc(OCC3CCCCC3)c3[nH]cnc3n2)c1. The average Bonchev–Trinajstić information content (AvgIpc) is 3.09. The molecule has 1 saturated carbocycles. The summed E-state index contributed by atoms with van der Waals surface area (Å²) in [5.41, 5.74) is 2.25. The highest BCUT2D eigenvalue weighted by atomic mass is 79.9. The van der Waals surface area contributed by atoms with Crippen molar-refractivity contribution < 1.29 is 4.74 Å². The number of fused-ring (bicyclic) bond motifs is 1. The summed E-state index contributed by atoms with van der Waals surface area (Å²) in [6.07, 6.45) is 8.03. The van der Waals surface area contributed by atoms with E-state index < -0.39 is 0 Å². The molecule has 2 heterocycles. The normalized spacial score (nSPS) is 15.4. The Kier molecular flexibility index (Phi) is 4.83. The molecule has 2 aromatic heterocycles. The van der Waals surface area contributed by atoms with Gasteiger partial charge in [0, 0.05) is 10.2 Å². The van der Waals surface area contributed by atoms with Crippen LogP contribution in [0.2, 0.25) is 0 Å². The molecule has 3 aromatic rings. The van der Waals surface area contributed by atoms with Crippen LogP contribution in [0.25, 0.3) is 11.2 Å². The molecule has 6 nitrogen and oxygen atoms in total. The van der Waals surface area contributed by atoms with Gasteiger partial charge in [0.1, 0.15) is 5.52 Å². The van der Waals surface area contributed by atoms with Gasteiger partial charge in [-0.15, -0.1) is 0 Å². The van der Waals surface area contributed by atoms with E-state index in [2.05, 4.69) is 41.2 Å². The molecule has 1 aliphatic carbocycles. The Balaban J connectivity index is 1.56. The summed E-state index contributed by atoms with van der Waals surface area (Å²) >= 11 is 3.47. The second kappa shape index (κ2) is 7.39. The van der Waals surface area contributed by atoms with Gasteiger partial charge >= 0.3 is 0 Å². The van der Waals surface area contributed by atoms with Crippen LogP contribution >= 0.6 is 15.9 Å². The van der Waals surface area contributed by atoms with Gasteiger partial charge in [0.15, 0.2) is 5.65 Å². The number of ether oxygens (including phenoxy) is 1. The first-order chi connectivity index (χ1) is 12.3. The zero-order chi connectivity index (χ0) is 17.1. The topological polar surface area (TPSA) is 75.7 Å². The summed E-state index contributed by atoms with van der Waals surface area (Å²) in [6, 6.07) is 7.87. The van der Waals surface area contributed by atoms with E-state index in [0.717, 1.165) is 15.7 Å². The largest absolute Gasteiger partial charge is 0.476 e. The molecule has 1 aromatic carbocycles. The van der Waals surface area contributed by atoms with E-state index in [1.54, 1.807) is 6.33 Å². The summed E-state index contributed by atoms with van der Waals surface area (Å²) < 4.78 is 7.04. The van der Waals surface area contributed by atoms with Gasteiger partial charge < -0.3 is 15.0 Å². The Morgan fingerprint density at radius 1 is 1.20 bits per heavy atom. The minimum atomic E-state index is 0.483. The van der Waals surface area contributed by atoms with Crippen LogP contribution < -0.4 is 10.1 Å². The number of anilines is 2. The average molecular weight is 402 g/mol. The van der Waals surface area contributed by atoms with Crippen molar-refractivity contribution in [3.8, 4) is 5.88 Å². The number of nitrogens with zero attached hydrogens (tertiary/aromatic N) is 3. The molecule has 130 valence electrons. The maximum atomic E-state index is 6.05. The van der Waals surface area contributed by atoms with Crippen molar-refractivity contribution in [3.05, 3.63) is 35.1 Å². The molecule has 0 radical (unpaired) electrons. The molecule has 7 heteroatoms. The number of halogens is 1. The van der Waals surface area contributed by atoms with Crippen LogP contribution in [0.4, 0.5) is 11.6 Å². The first-order valence-corrected chi connectivity index (χ1v) is 9.44. The third kappa shape index (κ3) is 3.92. The second-order valence-corrected chi connectivity index (χ2v) is 7.32. The molecule has 0 aliphatic heterocycles. The lowest BCUT2D eigenvalue weighted by atomic mass is 9.90. The lowest BCUT2D eigenvalue weighted by Crippen LogP contribution is -2.16. The Hall–Kier alpha value is -2.15. The van der Waals surface area contributed by atoms with Gasteiger partial charge in [-0.1, -0.05) is 41.3 Å². The zero-order valence-electron chi connectivity index (χ0n) is 13.8. The Morgan fingerprint density at radius 2 is 2.08 bits per heavy atom. The number of H-pyrrole nitrogens is 1. The van der Waals surface area contributed by atoms with Gasteiger partial charge in [-0.05, 0) is 37.0 Å². The minimum absolute atomic E-state index is 0.483. The van der Waals surface area contributed by atoms with E-state index >= 15 is 0 Å². The van der Waals surface area contributed by atoms with Gasteiger partial charge in [-0.2, -0.15) is 9.97 Å². The van der Waals surface area contributed by atoms with Crippen LogP contribution in [0.3, 0.4) is 0 Å². The molecule has 25 heavy (non-hydrogen) atoms. The summed E-state index contributed by atoms with van der Waals surface area (Å²) in [5.74, 6) is 1.66. The van der Waals surface area contributed by atoms with Crippen molar-refractivity contribution in [2.24, 2.45) is 5.92 Å². The zero-order valence-corrected chi connectivity index (χ0v) is 15.4. The number of hydrogen-bond donors (Lipinski definition) is 2. The van der Waals surface area contributed by atoms with Gasteiger partial charge in [0.25, 0.3) is 0 Å². The molecular formula is C18H20BrN5O. The number of benzene rings is 1. The Bertz CT molecular complexity index is 860. The van der Waals surface area contributed by atoms with Crippen LogP contribution in [0.15, 0.2) is 35.1 Å². The number of aromatic amines is 1. The van der Waals surface area contributed by atoms with Crippen molar-refractivity contribution >= 4 is 38.7 Å². The maximum Gasteiger partial charge on any atom is 0.245 e. The lowest BCUT2D eigenvalue weighted by molar-refractivity contribution is 0.205. The summed E-state index contributed by atoms with van der Waals surface area (Å²) in [4.78, 5) is 16.3. The fourth-order valence-corrected chi connectivity index (χ4v) is 3.61. The highest BCUT2D eigenvalue weighted by molar-refractivity contribution is 9.10. The van der Waals surface area contributed by atoms with Crippen molar-refractivity contribution in [2.75, 3.05) is 11.9 Å². The Labute approximate surface area is 154 Å². The number of hydrogen-bond acceptors (Lipinski definition) is 5. The van der Waals surface area contributed by atoms with E-state index in [1.165, 1.54) is 32.1 Å². The van der Waals surface area contributed by atoms with Crippen LogP contribution in [0, 0.1) is 5.92 Å². The van der Waals surface area contributed by atoms with Crippen LogP contribution in [-0.4, -0.2) is 26.5 Å². The maximum absolute atomic E-state index is 6.05. The quantitative estimate of drug-likeness (QED) is 0.640. The summed E-state index contributed by atoms with van der Waals surface area (Å²) in [5, 5.41) is 3.22. The van der Waals surface area contributed by atoms with Gasteiger partial charge in [-0.3, -0.25) is 0 Å². The van der Waals surface area contributed by atoms with Crippen molar-refractivity contribution in [1.29, 1.82) is 0 Å². The smallest absolute Gasteiger partial charge is 0.245 e. The summed E-state index contributed by atoms with van der Waals surface area (Å²) in [7, 11) is 0. The van der Waals surface area contributed by atoms with E-state index in [1.807, 2.05) is 24.3 Å². The highest BCUT2D eigenvalue weighted by Crippen LogP contribution is 2.27.